The van der Waals surface area contributed by atoms with Crippen molar-refractivity contribution in [2.45, 2.75) is 13.0 Å². The van der Waals surface area contributed by atoms with Crippen molar-refractivity contribution in [3.8, 4) is 0 Å². The molecule has 0 spiro atoms. The van der Waals surface area contributed by atoms with E-state index in [2.05, 4.69) is 0 Å². The van der Waals surface area contributed by atoms with Gasteiger partial charge in [-0.15, -0.1) is 12.4 Å². The van der Waals surface area contributed by atoms with Crippen LogP contribution in [0.15, 0.2) is 18.2 Å². The number of piperazine rings is 1. The van der Waals surface area contributed by atoms with E-state index < -0.39 is 29.1 Å². The number of amides is 2. The van der Waals surface area contributed by atoms with Crippen molar-refractivity contribution in [3.63, 3.8) is 0 Å². The Hall–Kier alpha value is -1.73. The minimum atomic E-state index is -0.880. The van der Waals surface area contributed by atoms with Crippen LogP contribution in [0.5, 0.6) is 0 Å². The maximum absolute atomic E-state index is 13.6. The molecule has 122 valence electrons. The predicted octanol–water partition coefficient (Wildman–Crippen LogP) is 1.02. The maximum atomic E-state index is 13.6. The van der Waals surface area contributed by atoms with E-state index in [9.17, 15) is 18.4 Å². The van der Waals surface area contributed by atoms with Gasteiger partial charge in [0.05, 0.1) is 6.04 Å². The first kappa shape index (κ1) is 18.3. The minimum Gasteiger partial charge on any atom is -0.338 e. The number of benzene rings is 1. The molecule has 1 aromatic carbocycles. The number of carbonyl (C=O) groups excluding carboxylic acids is 2. The zero-order valence-corrected chi connectivity index (χ0v) is 12.9. The van der Waals surface area contributed by atoms with Gasteiger partial charge in [0.2, 0.25) is 5.91 Å². The van der Waals surface area contributed by atoms with Gasteiger partial charge in [0.25, 0.3) is 5.91 Å². The molecule has 5 nitrogen and oxygen atoms in total. The van der Waals surface area contributed by atoms with E-state index in [0.717, 1.165) is 12.1 Å². The fourth-order valence-corrected chi connectivity index (χ4v) is 2.28. The Morgan fingerprint density at radius 3 is 2.00 bits per heavy atom. The summed E-state index contributed by atoms with van der Waals surface area (Å²) in [4.78, 5) is 26.8. The Balaban J connectivity index is 0.00000242. The van der Waals surface area contributed by atoms with Crippen molar-refractivity contribution in [2.24, 2.45) is 5.73 Å². The second-order valence-corrected chi connectivity index (χ2v) is 5.00. The van der Waals surface area contributed by atoms with E-state index in [1.807, 2.05) is 0 Å². The van der Waals surface area contributed by atoms with Crippen LogP contribution in [0.25, 0.3) is 0 Å². The van der Waals surface area contributed by atoms with Gasteiger partial charge < -0.3 is 15.5 Å². The third-order valence-corrected chi connectivity index (χ3v) is 3.44. The quantitative estimate of drug-likeness (QED) is 0.878. The third kappa shape index (κ3) is 3.72. The molecule has 1 heterocycles. The molecule has 1 aromatic rings. The van der Waals surface area contributed by atoms with E-state index in [4.69, 9.17) is 5.73 Å². The number of halogens is 3. The van der Waals surface area contributed by atoms with Crippen LogP contribution < -0.4 is 5.73 Å². The van der Waals surface area contributed by atoms with Gasteiger partial charge in [-0.1, -0.05) is 6.07 Å². The molecule has 2 amide bonds. The summed E-state index contributed by atoms with van der Waals surface area (Å²) >= 11 is 0. The van der Waals surface area contributed by atoms with Gasteiger partial charge in [0, 0.05) is 26.2 Å². The lowest BCUT2D eigenvalue weighted by Gasteiger charge is -2.35. The molecule has 2 N–H and O–H groups in total. The molecule has 0 unspecified atom stereocenters. The molecule has 1 atom stereocenters. The number of rotatable bonds is 2. The van der Waals surface area contributed by atoms with Crippen LogP contribution in [0.1, 0.15) is 17.3 Å². The van der Waals surface area contributed by atoms with Crippen molar-refractivity contribution >= 4 is 24.2 Å². The van der Waals surface area contributed by atoms with Crippen LogP contribution in [0.4, 0.5) is 8.78 Å². The van der Waals surface area contributed by atoms with Crippen LogP contribution >= 0.6 is 12.4 Å². The smallest absolute Gasteiger partial charge is 0.259 e. The number of carbonyl (C=O) groups is 2. The normalized spacial score (nSPS) is 16.0. The van der Waals surface area contributed by atoms with Crippen LogP contribution in [-0.4, -0.2) is 53.8 Å². The van der Waals surface area contributed by atoms with Crippen LogP contribution in [0.2, 0.25) is 0 Å². The zero-order valence-electron chi connectivity index (χ0n) is 12.1. The topological polar surface area (TPSA) is 66.6 Å². The van der Waals surface area contributed by atoms with Crippen LogP contribution in [-0.2, 0) is 4.79 Å². The van der Waals surface area contributed by atoms with Crippen LogP contribution in [0.3, 0.4) is 0 Å². The highest BCUT2D eigenvalue weighted by Crippen LogP contribution is 2.16. The molecule has 1 saturated heterocycles. The zero-order chi connectivity index (χ0) is 15.6. The Bertz CT molecular complexity index is 541. The molecule has 22 heavy (non-hydrogen) atoms. The first-order valence-corrected chi connectivity index (χ1v) is 6.69. The van der Waals surface area contributed by atoms with E-state index in [0.29, 0.717) is 13.1 Å². The molecule has 0 aromatic heterocycles. The monoisotopic (exact) mass is 333 g/mol. The fraction of sp³-hybridized carbons (Fsp3) is 0.429. The summed E-state index contributed by atoms with van der Waals surface area (Å²) in [5.41, 5.74) is 4.97. The molecule has 8 heteroatoms. The molecule has 0 bridgehead atoms. The molecule has 2 rings (SSSR count). The van der Waals surface area contributed by atoms with Gasteiger partial charge in [0.15, 0.2) is 0 Å². The van der Waals surface area contributed by atoms with Gasteiger partial charge in [0.1, 0.15) is 17.2 Å². The Kier molecular flexibility index (Phi) is 6.25. The molecule has 0 radical (unpaired) electrons. The Morgan fingerprint density at radius 2 is 1.55 bits per heavy atom. The Labute approximate surface area is 133 Å². The highest BCUT2D eigenvalue weighted by Gasteiger charge is 2.28. The van der Waals surface area contributed by atoms with Crippen molar-refractivity contribution in [2.75, 3.05) is 26.2 Å². The molecule has 1 aliphatic heterocycles. The molecule has 1 aliphatic rings. The lowest BCUT2D eigenvalue weighted by molar-refractivity contribution is -0.133. The fourth-order valence-electron chi connectivity index (χ4n) is 2.28. The second-order valence-electron chi connectivity index (χ2n) is 5.00. The van der Waals surface area contributed by atoms with E-state index in [1.54, 1.807) is 11.8 Å². The van der Waals surface area contributed by atoms with Gasteiger partial charge in [-0.05, 0) is 19.1 Å². The highest BCUT2D eigenvalue weighted by atomic mass is 35.5. The van der Waals surface area contributed by atoms with Crippen LogP contribution in [0, 0.1) is 11.6 Å². The molecule has 0 aliphatic carbocycles. The lowest BCUT2D eigenvalue weighted by Crippen LogP contribution is -2.53. The molecular weight excluding hydrogens is 316 g/mol. The van der Waals surface area contributed by atoms with E-state index in [1.165, 1.54) is 11.0 Å². The lowest BCUT2D eigenvalue weighted by atomic mass is 10.1. The minimum absolute atomic E-state index is 0. The summed E-state index contributed by atoms with van der Waals surface area (Å²) in [5, 5.41) is 0. The van der Waals surface area contributed by atoms with Crippen molar-refractivity contribution in [3.05, 3.63) is 35.4 Å². The number of hydrogen-bond acceptors (Lipinski definition) is 3. The molecule has 1 fully saturated rings. The number of nitrogens with zero attached hydrogens (tertiary/aromatic N) is 2. The average Bonchev–Trinajstić information content (AvgIpc) is 2.46. The van der Waals surface area contributed by atoms with Gasteiger partial charge in [-0.2, -0.15) is 0 Å². The standard InChI is InChI=1S/C14H17F2N3O2.ClH/c1-9(17)13(20)18-5-7-19(8-6-18)14(21)12-10(15)3-2-4-11(12)16;/h2-4,9H,5-8,17H2,1H3;1H/t9-;/m1./s1. The molecular formula is C14H18ClF2N3O2. The maximum Gasteiger partial charge on any atom is 0.259 e. The SMILES string of the molecule is C[C@@H](N)C(=O)N1CCN(C(=O)c2c(F)cccc2F)CC1.Cl. The van der Waals surface area contributed by atoms with Gasteiger partial charge >= 0.3 is 0 Å². The predicted molar refractivity (Wildman–Crippen MR) is 79.7 cm³/mol. The summed E-state index contributed by atoms with van der Waals surface area (Å²) in [6.45, 7) is 2.66. The van der Waals surface area contributed by atoms with Crippen molar-refractivity contribution < 1.29 is 18.4 Å². The summed E-state index contributed by atoms with van der Waals surface area (Å²) in [6, 6.07) is 2.70. The first-order valence-electron chi connectivity index (χ1n) is 6.69. The van der Waals surface area contributed by atoms with Gasteiger partial charge in [-0.3, -0.25) is 9.59 Å². The first-order chi connectivity index (χ1) is 9.91. The average molecular weight is 334 g/mol. The Morgan fingerprint density at radius 1 is 1.09 bits per heavy atom. The summed E-state index contributed by atoms with van der Waals surface area (Å²) < 4.78 is 27.2. The number of nitrogens with two attached hydrogens (primary N) is 1. The number of hydrogen-bond donors (Lipinski definition) is 1. The molecule has 0 saturated carbocycles. The van der Waals surface area contributed by atoms with E-state index in [-0.39, 0.29) is 31.4 Å². The third-order valence-electron chi connectivity index (χ3n) is 3.44. The van der Waals surface area contributed by atoms with Crippen molar-refractivity contribution in [1.82, 2.24) is 9.80 Å². The van der Waals surface area contributed by atoms with Crippen molar-refractivity contribution in [1.29, 1.82) is 0 Å². The van der Waals surface area contributed by atoms with E-state index >= 15 is 0 Å². The highest BCUT2D eigenvalue weighted by molar-refractivity contribution is 5.95. The summed E-state index contributed by atoms with van der Waals surface area (Å²) in [5.74, 6) is -2.65. The van der Waals surface area contributed by atoms with Gasteiger partial charge in [-0.25, -0.2) is 8.78 Å². The summed E-state index contributed by atoms with van der Waals surface area (Å²) in [6.07, 6.45) is 0. The summed E-state index contributed by atoms with van der Waals surface area (Å²) in [7, 11) is 0. The largest absolute Gasteiger partial charge is 0.338 e. The second kappa shape index (κ2) is 7.51.